The SMILES string of the molecule is NC(=O)c1cnc(N2CCCC(N3CCN(C4CCOCC4)C3=O)C2)nn1. The Hall–Kier alpha value is -2.49. The second kappa shape index (κ2) is 7.63. The van der Waals surface area contributed by atoms with Gasteiger partial charge < -0.3 is 25.2 Å². The Labute approximate surface area is 157 Å². The molecule has 3 amide bonds. The molecule has 0 spiro atoms. The molecule has 10 heteroatoms. The largest absolute Gasteiger partial charge is 0.381 e. The first kappa shape index (κ1) is 17.9. The van der Waals surface area contributed by atoms with Crippen molar-refractivity contribution in [3.05, 3.63) is 11.9 Å². The van der Waals surface area contributed by atoms with Crippen LogP contribution >= 0.6 is 0 Å². The number of primary amides is 1. The number of hydrogen-bond acceptors (Lipinski definition) is 7. The summed E-state index contributed by atoms with van der Waals surface area (Å²) < 4.78 is 5.42. The number of hydrogen-bond donors (Lipinski definition) is 1. The molecular formula is C17H25N7O3. The molecule has 4 rings (SSSR count). The minimum atomic E-state index is -0.645. The molecular weight excluding hydrogens is 350 g/mol. The third-order valence-corrected chi connectivity index (χ3v) is 5.63. The Morgan fingerprint density at radius 2 is 1.81 bits per heavy atom. The molecule has 3 saturated heterocycles. The number of piperidine rings is 1. The molecule has 3 aliphatic heterocycles. The van der Waals surface area contributed by atoms with Crippen molar-refractivity contribution in [3.8, 4) is 0 Å². The number of aromatic nitrogens is 3. The molecule has 0 aromatic carbocycles. The highest BCUT2D eigenvalue weighted by Gasteiger charge is 2.39. The lowest BCUT2D eigenvalue weighted by molar-refractivity contribution is 0.0500. The maximum absolute atomic E-state index is 13.0. The molecule has 0 radical (unpaired) electrons. The monoisotopic (exact) mass is 375 g/mol. The Morgan fingerprint density at radius 3 is 2.48 bits per heavy atom. The number of rotatable bonds is 4. The molecule has 146 valence electrons. The number of nitrogens with two attached hydrogens (primary N) is 1. The fourth-order valence-corrected chi connectivity index (χ4v) is 4.16. The van der Waals surface area contributed by atoms with Crippen LogP contribution in [0.2, 0.25) is 0 Å². The zero-order valence-corrected chi connectivity index (χ0v) is 15.3. The fourth-order valence-electron chi connectivity index (χ4n) is 4.16. The summed E-state index contributed by atoms with van der Waals surface area (Å²) in [5.41, 5.74) is 5.24. The Kier molecular flexibility index (Phi) is 5.06. The van der Waals surface area contributed by atoms with Crippen molar-refractivity contribution >= 4 is 17.9 Å². The number of carbonyl (C=O) groups is 2. The number of amides is 3. The van der Waals surface area contributed by atoms with Crippen LogP contribution in [0.1, 0.15) is 36.2 Å². The summed E-state index contributed by atoms with van der Waals surface area (Å²) in [6.45, 7) is 4.49. The van der Waals surface area contributed by atoms with Crippen LogP contribution in [-0.2, 0) is 4.74 Å². The zero-order valence-electron chi connectivity index (χ0n) is 15.3. The van der Waals surface area contributed by atoms with Crippen molar-refractivity contribution in [2.24, 2.45) is 5.73 Å². The van der Waals surface area contributed by atoms with Crippen molar-refractivity contribution in [1.29, 1.82) is 0 Å². The van der Waals surface area contributed by atoms with Crippen molar-refractivity contribution in [3.63, 3.8) is 0 Å². The van der Waals surface area contributed by atoms with Crippen LogP contribution in [0.4, 0.5) is 10.7 Å². The summed E-state index contributed by atoms with van der Waals surface area (Å²) in [6.07, 6.45) is 5.11. The molecule has 10 nitrogen and oxygen atoms in total. The Bertz CT molecular complexity index is 692. The number of anilines is 1. The van der Waals surface area contributed by atoms with Gasteiger partial charge in [-0.05, 0) is 25.7 Å². The summed E-state index contributed by atoms with van der Waals surface area (Å²) >= 11 is 0. The van der Waals surface area contributed by atoms with Gasteiger partial charge in [0.2, 0.25) is 5.95 Å². The summed E-state index contributed by atoms with van der Waals surface area (Å²) in [7, 11) is 0. The van der Waals surface area contributed by atoms with E-state index in [1.807, 2.05) is 14.7 Å². The van der Waals surface area contributed by atoms with Crippen LogP contribution in [0.25, 0.3) is 0 Å². The first-order valence-corrected chi connectivity index (χ1v) is 9.53. The van der Waals surface area contributed by atoms with Crippen LogP contribution in [-0.4, -0.2) is 88.4 Å². The lowest BCUT2D eigenvalue weighted by atomic mass is 10.0. The van der Waals surface area contributed by atoms with E-state index in [1.54, 1.807) is 0 Å². The van der Waals surface area contributed by atoms with Gasteiger partial charge in [-0.2, -0.15) is 0 Å². The molecule has 1 aromatic rings. The third-order valence-electron chi connectivity index (χ3n) is 5.63. The van der Waals surface area contributed by atoms with Crippen molar-refractivity contribution < 1.29 is 14.3 Å². The van der Waals surface area contributed by atoms with E-state index in [2.05, 4.69) is 15.2 Å². The molecule has 1 unspecified atom stereocenters. The zero-order chi connectivity index (χ0) is 18.8. The molecule has 2 N–H and O–H groups in total. The van der Waals surface area contributed by atoms with E-state index in [-0.39, 0.29) is 17.8 Å². The van der Waals surface area contributed by atoms with Crippen molar-refractivity contribution in [2.75, 3.05) is 44.3 Å². The van der Waals surface area contributed by atoms with Crippen molar-refractivity contribution in [2.45, 2.75) is 37.8 Å². The molecule has 0 saturated carbocycles. The number of carbonyl (C=O) groups excluding carboxylic acids is 2. The molecule has 0 aliphatic carbocycles. The Balaban J connectivity index is 1.40. The van der Waals surface area contributed by atoms with Gasteiger partial charge in [0.05, 0.1) is 12.2 Å². The topological polar surface area (TPSA) is 118 Å². The third kappa shape index (κ3) is 3.66. The summed E-state index contributed by atoms with van der Waals surface area (Å²) in [5, 5.41) is 7.86. The molecule has 3 fully saturated rings. The maximum Gasteiger partial charge on any atom is 0.320 e. The molecule has 1 atom stereocenters. The first-order valence-electron chi connectivity index (χ1n) is 9.53. The van der Waals surface area contributed by atoms with Gasteiger partial charge in [0.1, 0.15) is 0 Å². The standard InChI is InChI=1S/C17H25N7O3/c18-15(25)14-10-19-16(21-20-14)22-5-1-2-13(11-22)24-7-6-23(17(24)26)12-3-8-27-9-4-12/h10,12-13H,1-9,11H2,(H2,18,25). The average molecular weight is 375 g/mol. The highest BCUT2D eigenvalue weighted by molar-refractivity contribution is 5.90. The van der Waals surface area contributed by atoms with Gasteiger partial charge in [0, 0.05) is 45.4 Å². The van der Waals surface area contributed by atoms with Crippen LogP contribution < -0.4 is 10.6 Å². The second-order valence-corrected chi connectivity index (χ2v) is 7.26. The summed E-state index contributed by atoms with van der Waals surface area (Å²) in [5.74, 6) is -0.174. The smallest absolute Gasteiger partial charge is 0.320 e. The minimum absolute atomic E-state index is 0.0501. The molecule has 3 aliphatic rings. The van der Waals surface area contributed by atoms with E-state index < -0.39 is 5.91 Å². The fraction of sp³-hybridized carbons (Fsp3) is 0.706. The van der Waals surface area contributed by atoms with E-state index in [0.717, 1.165) is 58.5 Å². The summed E-state index contributed by atoms with van der Waals surface area (Å²) in [4.78, 5) is 34.3. The minimum Gasteiger partial charge on any atom is -0.381 e. The molecule has 1 aromatic heterocycles. The van der Waals surface area contributed by atoms with Crippen LogP contribution in [0.3, 0.4) is 0 Å². The normalized spacial score (nSPS) is 24.5. The number of urea groups is 1. The first-order chi connectivity index (χ1) is 13.1. The van der Waals surface area contributed by atoms with E-state index >= 15 is 0 Å². The predicted molar refractivity (Wildman–Crippen MR) is 96.2 cm³/mol. The quantitative estimate of drug-likeness (QED) is 0.778. The molecule has 4 heterocycles. The van der Waals surface area contributed by atoms with Crippen LogP contribution in [0, 0.1) is 0 Å². The van der Waals surface area contributed by atoms with Gasteiger partial charge in [-0.15, -0.1) is 10.2 Å². The van der Waals surface area contributed by atoms with E-state index in [0.29, 0.717) is 18.5 Å². The van der Waals surface area contributed by atoms with E-state index in [9.17, 15) is 9.59 Å². The average Bonchev–Trinajstić information content (AvgIpc) is 3.10. The van der Waals surface area contributed by atoms with Gasteiger partial charge in [-0.1, -0.05) is 0 Å². The highest BCUT2D eigenvalue weighted by Crippen LogP contribution is 2.26. The van der Waals surface area contributed by atoms with Gasteiger partial charge in [0.25, 0.3) is 5.91 Å². The Morgan fingerprint density at radius 1 is 1.07 bits per heavy atom. The lowest BCUT2D eigenvalue weighted by Crippen LogP contribution is -2.51. The molecule has 27 heavy (non-hydrogen) atoms. The van der Waals surface area contributed by atoms with Crippen molar-refractivity contribution in [1.82, 2.24) is 25.0 Å². The van der Waals surface area contributed by atoms with Crippen LogP contribution in [0.5, 0.6) is 0 Å². The highest BCUT2D eigenvalue weighted by atomic mass is 16.5. The van der Waals surface area contributed by atoms with Gasteiger partial charge in [-0.3, -0.25) is 4.79 Å². The summed E-state index contributed by atoms with van der Waals surface area (Å²) in [6, 6.07) is 0.567. The maximum atomic E-state index is 13.0. The van der Waals surface area contributed by atoms with Gasteiger partial charge in [0.15, 0.2) is 5.69 Å². The van der Waals surface area contributed by atoms with Crippen LogP contribution in [0.15, 0.2) is 6.20 Å². The predicted octanol–water partition coefficient (Wildman–Crippen LogP) is -0.144. The second-order valence-electron chi connectivity index (χ2n) is 7.26. The number of ether oxygens (including phenoxy) is 1. The van der Waals surface area contributed by atoms with Gasteiger partial charge in [-0.25, -0.2) is 9.78 Å². The van der Waals surface area contributed by atoms with Gasteiger partial charge >= 0.3 is 6.03 Å². The van der Waals surface area contributed by atoms with E-state index in [1.165, 1.54) is 6.20 Å². The lowest BCUT2D eigenvalue weighted by Gasteiger charge is -2.38. The van der Waals surface area contributed by atoms with E-state index in [4.69, 9.17) is 10.5 Å². The number of nitrogens with zero attached hydrogens (tertiary/aromatic N) is 6. The molecule has 0 bridgehead atoms.